The van der Waals surface area contributed by atoms with Gasteiger partial charge in [-0.3, -0.25) is 0 Å². The summed E-state index contributed by atoms with van der Waals surface area (Å²) < 4.78 is 0. The molecule has 3 rings (SSSR count). The third-order valence-electron chi connectivity index (χ3n) is 3.23. The Balaban J connectivity index is 2.10. The van der Waals surface area contributed by atoms with E-state index < -0.39 is 0 Å². The van der Waals surface area contributed by atoms with Gasteiger partial charge in [-0.1, -0.05) is 6.07 Å². The van der Waals surface area contributed by atoms with E-state index in [4.69, 9.17) is 0 Å². The number of benzene rings is 2. The number of anilines is 1. The number of phenolic OH excluding ortho intramolecular Hbond substituents is 1. The van der Waals surface area contributed by atoms with Gasteiger partial charge < -0.3 is 10.0 Å². The number of hydrogen-bond acceptors (Lipinski definition) is 4. The fourth-order valence-electron chi connectivity index (χ4n) is 2.09. The fraction of sp³-hybridized carbons (Fsp3) is 0.200. The highest BCUT2D eigenvalue weighted by atomic mass is 16.3. The van der Waals surface area contributed by atoms with Crippen LogP contribution in [0.2, 0.25) is 0 Å². The highest BCUT2D eigenvalue weighted by molar-refractivity contribution is 5.75. The smallest absolute Gasteiger partial charge is 0.145 e. The van der Waals surface area contributed by atoms with Gasteiger partial charge in [-0.2, -0.15) is 0 Å². The SMILES string of the molecule is Cc1ccc2nn(-c3ccc(N(C)C)cc3O)nc2c1. The number of rotatable bonds is 2. The molecule has 0 saturated heterocycles. The number of phenols is 1. The summed E-state index contributed by atoms with van der Waals surface area (Å²) in [6.45, 7) is 2.02. The number of hydrogen-bond donors (Lipinski definition) is 1. The van der Waals surface area contributed by atoms with Crippen LogP contribution in [0.15, 0.2) is 36.4 Å². The van der Waals surface area contributed by atoms with Crippen LogP contribution in [0.4, 0.5) is 5.69 Å². The first-order valence-electron chi connectivity index (χ1n) is 6.39. The fourth-order valence-corrected chi connectivity index (χ4v) is 2.09. The molecule has 0 aliphatic heterocycles. The van der Waals surface area contributed by atoms with Crippen molar-refractivity contribution in [3.05, 3.63) is 42.0 Å². The average Bonchev–Trinajstić information content (AvgIpc) is 2.80. The lowest BCUT2D eigenvalue weighted by Crippen LogP contribution is -2.09. The normalized spacial score (nSPS) is 10.9. The molecule has 0 aliphatic rings. The van der Waals surface area contributed by atoms with Crippen molar-refractivity contribution in [1.82, 2.24) is 15.0 Å². The molecular formula is C15H16N4O. The maximum absolute atomic E-state index is 10.1. The molecule has 0 spiro atoms. The lowest BCUT2D eigenvalue weighted by Gasteiger charge is -2.13. The van der Waals surface area contributed by atoms with Gasteiger partial charge in [0, 0.05) is 25.8 Å². The molecule has 0 amide bonds. The Labute approximate surface area is 117 Å². The summed E-state index contributed by atoms with van der Waals surface area (Å²) in [6, 6.07) is 11.3. The van der Waals surface area contributed by atoms with E-state index in [0.29, 0.717) is 5.69 Å². The van der Waals surface area contributed by atoms with Gasteiger partial charge in [0.15, 0.2) is 0 Å². The van der Waals surface area contributed by atoms with Gasteiger partial charge in [-0.05, 0) is 36.8 Å². The quantitative estimate of drug-likeness (QED) is 0.776. The zero-order valence-corrected chi connectivity index (χ0v) is 11.7. The lowest BCUT2D eigenvalue weighted by atomic mass is 10.2. The number of fused-ring (bicyclic) bond motifs is 1. The Morgan fingerprint density at radius 2 is 1.75 bits per heavy atom. The van der Waals surface area contributed by atoms with Gasteiger partial charge >= 0.3 is 0 Å². The van der Waals surface area contributed by atoms with E-state index in [1.165, 1.54) is 4.80 Å². The van der Waals surface area contributed by atoms with Crippen molar-refractivity contribution in [2.45, 2.75) is 6.92 Å². The molecule has 1 heterocycles. The standard InChI is InChI=1S/C15H16N4O/c1-10-4-6-12-13(8-10)17-19(16-12)14-7-5-11(18(2)3)9-15(14)20/h4-9,20H,1-3H3. The predicted molar refractivity (Wildman–Crippen MR) is 79.6 cm³/mol. The summed E-state index contributed by atoms with van der Waals surface area (Å²) in [5, 5.41) is 18.9. The number of nitrogens with zero attached hydrogens (tertiary/aromatic N) is 4. The molecule has 5 nitrogen and oxygen atoms in total. The highest BCUT2D eigenvalue weighted by Gasteiger charge is 2.10. The van der Waals surface area contributed by atoms with Gasteiger partial charge in [0.25, 0.3) is 0 Å². The molecule has 1 N–H and O–H groups in total. The van der Waals surface area contributed by atoms with Crippen LogP contribution in [0, 0.1) is 6.92 Å². The number of aromatic hydroxyl groups is 1. The third-order valence-corrected chi connectivity index (χ3v) is 3.23. The minimum Gasteiger partial charge on any atom is -0.506 e. The van der Waals surface area contributed by atoms with E-state index in [1.807, 2.05) is 56.3 Å². The summed E-state index contributed by atoms with van der Waals surface area (Å²) in [6.07, 6.45) is 0. The number of aromatic nitrogens is 3. The van der Waals surface area contributed by atoms with E-state index in [2.05, 4.69) is 10.2 Å². The van der Waals surface area contributed by atoms with E-state index >= 15 is 0 Å². The molecule has 1 aromatic heterocycles. The van der Waals surface area contributed by atoms with Crippen LogP contribution < -0.4 is 4.90 Å². The van der Waals surface area contributed by atoms with Crippen LogP contribution in [0.25, 0.3) is 16.7 Å². The zero-order chi connectivity index (χ0) is 14.3. The highest BCUT2D eigenvalue weighted by Crippen LogP contribution is 2.26. The van der Waals surface area contributed by atoms with Crippen LogP contribution in [-0.4, -0.2) is 34.2 Å². The van der Waals surface area contributed by atoms with Gasteiger partial charge in [0.2, 0.25) is 0 Å². The Bertz CT molecular complexity index is 777. The summed E-state index contributed by atoms with van der Waals surface area (Å²) >= 11 is 0. The molecule has 0 aliphatic carbocycles. The van der Waals surface area contributed by atoms with E-state index in [1.54, 1.807) is 6.07 Å². The Morgan fingerprint density at radius 3 is 2.45 bits per heavy atom. The topological polar surface area (TPSA) is 54.2 Å². The summed E-state index contributed by atoms with van der Waals surface area (Å²) in [4.78, 5) is 3.40. The number of aryl methyl sites for hydroxylation is 1. The van der Waals surface area contributed by atoms with Crippen molar-refractivity contribution in [2.75, 3.05) is 19.0 Å². The summed E-state index contributed by atoms with van der Waals surface area (Å²) in [5.41, 5.74) is 4.27. The van der Waals surface area contributed by atoms with Crippen molar-refractivity contribution in [1.29, 1.82) is 0 Å². The molecular weight excluding hydrogens is 252 g/mol. The molecule has 0 fully saturated rings. The van der Waals surface area contributed by atoms with Crippen LogP contribution in [-0.2, 0) is 0 Å². The summed E-state index contributed by atoms with van der Waals surface area (Å²) in [5.74, 6) is 0.160. The van der Waals surface area contributed by atoms with Gasteiger partial charge in [-0.25, -0.2) is 0 Å². The van der Waals surface area contributed by atoms with Crippen LogP contribution in [0.3, 0.4) is 0 Å². The lowest BCUT2D eigenvalue weighted by molar-refractivity contribution is 0.468. The first-order chi connectivity index (χ1) is 9.54. The molecule has 0 atom stereocenters. The Hall–Kier alpha value is -2.56. The van der Waals surface area contributed by atoms with E-state index in [0.717, 1.165) is 22.3 Å². The molecule has 3 aromatic rings. The van der Waals surface area contributed by atoms with E-state index in [-0.39, 0.29) is 5.75 Å². The van der Waals surface area contributed by atoms with Crippen LogP contribution in [0.5, 0.6) is 5.75 Å². The molecule has 5 heteroatoms. The third kappa shape index (κ3) is 2.07. The second-order valence-corrected chi connectivity index (χ2v) is 5.05. The minimum atomic E-state index is 0.160. The first-order valence-corrected chi connectivity index (χ1v) is 6.39. The van der Waals surface area contributed by atoms with Gasteiger partial charge in [0.1, 0.15) is 22.5 Å². The van der Waals surface area contributed by atoms with Crippen molar-refractivity contribution >= 4 is 16.7 Å². The largest absolute Gasteiger partial charge is 0.506 e. The monoisotopic (exact) mass is 268 g/mol. The van der Waals surface area contributed by atoms with Crippen molar-refractivity contribution in [2.24, 2.45) is 0 Å². The van der Waals surface area contributed by atoms with Crippen molar-refractivity contribution in [3.8, 4) is 11.4 Å². The minimum absolute atomic E-state index is 0.160. The maximum Gasteiger partial charge on any atom is 0.145 e. The molecule has 2 aromatic carbocycles. The molecule has 20 heavy (non-hydrogen) atoms. The molecule has 0 saturated carbocycles. The van der Waals surface area contributed by atoms with E-state index in [9.17, 15) is 5.11 Å². The second kappa shape index (κ2) is 4.52. The van der Waals surface area contributed by atoms with Crippen molar-refractivity contribution in [3.63, 3.8) is 0 Å². The van der Waals surface area contributed by atoms with Crippen LogP contribution >= 0.6 is 0 Å². The molecule has 0 unspecified atom stereocenters. The Morgan fingerprint density at radius 1 is 1.00 bits per heavy atom. The summed E-state index contributed by atoms with van der Waals surface area (Å²) in [7, 11) is 3.86. The maximum atomic E-state index is 10.1. The molecule has 0 radical (unpaired) electrons. The van der Waals surface area contributed by atoms with Crippen LogP contribution in [0.1, 0.15) is 5.56 Å². The first kappa shape index (κ1) is 12.5. The second-order valence-electron chi connectivity index (χ2n) is 5.05. The predicted octanol–water partition coefficient (Wildman–Crippen LogP) is 2.50. The van der Waals surface area contributed by atoms with Gasteiger partial charge in [-0.15, -0.1) is 15.0 Å². The Kier molecular flexibility index (Phi) is 2.82. The van der Waals surface area contributed by atoms with Crippen molar-refractivity contribution < 1.29 is 5.11 Å². The molecule has 0 bridgehead atoms. The molecule has 102 valence electrons. The van der Waals surface area contributed by atoms with Gasteiger partial charge in [0.05, 0.1) is 0 Å². The zero-order valence-electron chi connectivity index (χ0n) is 11.7. The average molecular weight is 268 g/mol.